The van der Waals surface area contributed by atoms with Gasteiger partial charge in [-0.2, -0.15) is 0 Å². The van der Waals surface area contributed by atoms with Crippen LogP contribution in [0.4, 0.5) is 5.69 Å². The molecule has 0 aliphatic heterocycles. The minimum absolute atomic E-state index is 0. The van der Waals surface area contributed by atoms with Crippen LogP contribution in [0.15, 0.2) is 29.3 Å². The van der Waals surface area contributed by atoms with Crippen molar-refractivity contribution in [3.8, 4) is 0 Å². The van der Waals surface area contributed by atoms with Crippen LogP contribution in [0.3, 0.4) is 0 Å². The van der Waals surface area contributed by atoms with Crippen LogP contribution < -0.4 is 11.1 Å². The number of aryl methyl sites for hydroxylation is 1. The zero-order valence-electron chi connectivity index (χ0n) is 12.4. The Balaban J connectivity index is 0.00000361. The number of nitrogens with zero attached hydrogens (tertiary/aromatic N) is 1. The molecule has 0 atom stereocenters. The lowest BCUT2D eigenvalue weighted by Crippen LogP contribution is -2.23. The summed E-state index contributed by atoms with van der Waals surface area (Å²) >= 11 is 0. The number of nitrogens with two attached hydrogens (primary N) is 1. The minimum Gasteiger partial charge on any atom is -0.380 e. The fourth-order valence-electron chi connectivity index (χ4n) is 1.64. The number of benzene rings is 1. The molecule has 0 spiro atoms. The lowest BCUT2D eigenvalue weighted by Gasteiger charge is -2.07. The second-order valence-electron chi connectivity index (χ2n) is 4.41. The Labute approximate surface area is 139 Å². The Morgan fingerprint density at radius 3 is 2.80 bits per heavy atom. The summed E-state index contributed by atoms with van der Waals surface area (Å²) in [6, 6.07) is 8.18. The third-order valence-corrected chi connectivity index (χ3v) is 2.77. The van der Waals surface area contributed by atoms with Gasteiger partial charge in [0, 0.05) is 12.3 Å². The highest BCUT2D eigenvalue weighted by Gasteiger charge is 1.96. The second-order valence-corrected chi connectivity index (χ2v) is 4.41. The van der Waals surface area contributed by atoms with Gasteiger partial charge in [-0.1, -0.05) is 32.4 Å². The summed E-state index contributed by atoms with van der Waals surface area (Å²) in [6.45, 7) is 6.29. The number of guanidine groups is 1. The molecule has 5 heteroatoms. The zero-order chi connectivity index (χ0) is 13.9. The van der Waals surface area contributed by atoms with E-state index in [4.69, 9.17) is 10.5 Å². The number of unbranched alkanes of at least 4 members (excludes halogenated alkanes) is 1. The summed E-state index contributed by atoms with van der Waals surface area (Å²) in [5, 5.41) is 3.09. The van der Waals surface area contributed by atoms with Crippen LogP contribution in [0, 0.1) is 0 Å². The first kappa shape index (κ1) is 19.2. The fourth-order valence-corrected chi connectivity index (χ4v) is 1.64. The molecule has 0 saturated carbocycles. The first-order valence-electron chi connectivity index (χ1n) is 6.99. The average Bonchev–Trinajstić information content (AvgIpc) is 2.43. The monoisotopic (exact) mass is 391 g/mol. The molecule has 1 aromatic carbocycles. The number of aliphatic imine (C=N–C) groups is 1. The van der Waals surface area contributed by atoms with Gasteiger partial charge in [-0.25, -0.2) is 0 Å². The van der Waals surface area contributed by atoms with E-state index in [1.54, 1.807) is 0 Å². The van der Waals surface area contributed by atoms with E-state index in [1.165, 1.54) is 5.56 Å². The number of rotatable bonds is 8. The van der Waals surface area contributed by atoms with Crippen molar-refractivity contribution in [2.45, 2.75) is 33.1 Å². The highest BCUT2D eigenvalue weighted by molar-refractivity contribution is 14.0. The van der Waals surface area contributed by atoms with Crippen LogP contribution >= 0.6 is 24.0 Å². The largest absolute Gasteiger partial charge is 0.380 e. The first-order valence-corrected chi connectivity index (χ1v) is 6.99. The van der Waals surface area contributed by atoms with Gasteiger partial charge < -0.3 is 15.8 Å². The van der Waals surface area contributed by atoms with Gasteiger partial charge in [-0.05, 0) is 30.5 Å². The Morgan fingerprint density at radius 2 is 2.10 bits per heavy atom. The molecule has 1 aromatic rings. The second kappa shape index (κ2) is 12.0. The van der Waals surface area contributed by atoms with Gasteiger partial charge in [0.05, 0.1) is 13.2 Å². The maximum atomic E-state index is 5.82. The SMILES string of the molecule is CCCCOCCN=C(N)Nc1cccc(CC)c1.I. The summed E-state index contributed by atoms with van der Waals surface area (Å²) in [7, 11) is 0. The van der Waals surface area contributed by atoms with Crippen LogP contribution in [0.1, 0.15) is 32.3 Å². The average molecular weight is 391 g/mol. The van der Waals surface area contributed by atoms with Crippen molar-refractivity contribution in [1.82, 2.24) is 0 Å². The Bertz CT molecular complexity index is 396. The lowest BCUT2D eigenvalue weighted by molar-refractivity contribution is 0.139. The molecule has 3 N–H and O–H groups in total. The standard InChI is InChI=1S/C15H25N3O.HI/c1-3-5-10-19-11-9-17-15(16)18-14-8-6-7-13(4-2)12-14;/h6-8,12H,3-5,9-11H2,1-2H3,(H3,16,17,18);1H. The quantitative estimate of drug-likeness (QED) is 0.309. The third-order valence-electron chi connectivity index (χ3n) is 2.77. The number of nitrogens with one attached hydrogen (secondary N) is 1. The van der Waals surface area contributed by atoms with Gasteiger partial charge >= 0.3 is 0 Å². The van der Waals surface area contributed by atoms with Gasteiger partial charge in [0.25, 0.3) is 0 Å². The van der Waals surface area contributed by atoms with Crippen molar-refractivity contribution in [3.05, 3.63) is 29.8 Å². The topological polar surface area (TPSA) is 59.6 Å². The number of halogens is 1. The van der Waals surface area contributed by atoms with Crippen LogP contribution in [0.2, 0.25) is 0 Å². The van der Waals surface area contributed by atoms with E-state index in [0.717, 1.165) is 31.6 Å². The number of anilines is 1. The van der Waals surface area contributed by atoms with E-state index in [0.29, 0.717) is 19.1 Å². The third kappa shape index (κ3) is 8.37. The van der Waals surface area contributed by atoms with Crippen molar-refractivity contribution in [2.75, 3.05) is 25.1 Å². The normalized spacial score (nSPS) is 11.0. The molecule has 0 bridgehead atoms. The fraction of sp³-hybridized carbons (Fsp3) is 0.533. The molecule has 1 rings (SSSR count). The molecule has 0 unspecified atom stereocenters. The summed E-state index contributed by atoms with van der Waals surface area (Å²) in [5.74, 6) is 0.437. The minimum atomic E-state index is 0. The van der Waals surface area contributed by atoms with Crippen LogP contribution in [0.25, 0.3) is 0 Å². The predicted octanol–water partition coefficient (Wildman–Crippen LogP) is 3.41. The van der Waals surface area contributed by atoms with Crippen LogP contribution in [0.5, 0.6) is 0 Å². The molecule has 20 heavy (non-hydrogen) atoms. The highest BCUT2D eigenvalue weighted by Crippen LogP contribution is 2.10. The van der Waals surface area contributed by atoms with E-state index in [1.807, 2.05) is 12.1 Å². The molecule has 0 aliphatic carbocycles. The molecule has 0 aromatic heterocycles. The number of hydrogen-bond donors (Lipinski definition) is 2. The zero-order valence-corrected chi connectivity index (χ0v) is 14.7. The molecule has 0 radical (unpaired) electrons. The number of ether oxygens (including phenoxy) is 1. The molecule has 0 heterocycles. The van der Waals surface area contributed by atoms with Crippen molar-refractivity contribution in [3.63, 3.8) is 0 Å². The molecule has 4 nitrogen and oxygen atoms in total. The van der Waals surface area contributed by atoms with E-state index in [9.17, 15) is 0 Å². The first-order chi connectivity index (χ1) is 9.26. The smallest absolute Gasteiger partial charge is 0.193 e. The van der Waals surface area contributed by atoms with E-state index >= 15 is 0 Å². The van der Waals surface area contributed by atoms with Crippen molar-refractivity contribution in [2.24, 2.45) is 10.7 Å². The summed E-state index contributed by atoms with van der Waals surface area (Å²) in [6.07, 6.45) is 3.26. The Kier molecular flexibility index (Phi) is 11.5. The van der Waals surface area contributed by atoms with Crippen molar-refractivity contribution >= 4 is 35.6 Å². The van der Waals surface area contributed by atoms with Gasteiger partial charge in [0.2, 0.25) is 0 Å². The van der Waals surface area contributed by atoms with E-state index in [2.05, 4.69) is 36.3 Å². The van der Waals surface area contributed by atoms with Gasteiger partial charge in [0.1, 0.15) is 0 Å². The van der Waals surface area contributed by atoms with Crippen molar-refractivity contribution < 1.29 is 4.74 Å². The molecule has 0 fully saturated rings. The summed E-state index contributed by atoms with van der Waals surface area (Å²) < 4.78 is 5.42. The molecule has 0 amide bonds. The molecular formula is C15H26IN3O. The molecular weight excluding hydrogens is 365 g/mol. The highest BCUT2D eigenvalue weighted by atomic mass is 127. The van der Waals surface area contributed by atoms with Crippen LogP contribution in [-0.2, 0) is 11.2 Å². The lowest BCUT2D eigenvalue weighted by atomic mass is 10.1. The maximum absolute atomic E-state index is 5.82. The molecule has 0 aliphatic rings. The van der Waals surface area contributed by atoms with Gasteiger partial charge in [-0.15, -0.1) is 24.0 Å². The van der Waals surface area contributed by atoms with Gasteiger partial charge in [-0.3, -0.25) is 4.99 Å². The molecule has 0 saturated heterocycles. The van der Waals surface area contributed by atoms with E-state index < -0.39 is 0 Å². The predicted molar refractivity (Wildman–Crippen MR) is 97.1 cm³/mol. The van der Waals surface area contributed by atoms with Crippen molar-refractivity contribution in [1.29, 1.82) is 0 Å². The van der Waals surface area contributed by atoms with Gasteiger partial charge in [0.15, 0.2) is 5.96 Å². The number of hydrogen-bond acceptors (Lipinski definition) is 2. The van der Waals surface area contributed by atoms with E-state index in [-0.39, 0.29) is 24.0 Å². The maximum Gasteiger partial charge on any atom is 0.193 e. The Morgan fingerprint density at radius 1 is 1.30 bits per heavy atom. The molecule has 114 valence electrons. The van der Waals surface area contributed by atoms with Crippen LogP contribution in [-0.4, -0.2) is 25.7 Å². The summed E-state index contributed by atoms with van der Waals surface area (Å²) in [4.78, 5) is 4.23. The Hall–Kier alpha value is -0.820. The summed E-state index contributed by atoms with van der Waals surface area (Å²) in [5.41, 5.74) is 8.08.